The largest absolute Gasteiger partial charge is 0.478 e. The number of benzene rings is 1. The van der Waals surface area contributed by atoms with Gasteiger partial charge in [0.05, 0.1) is 11.3 Å². The maximum absolute atomic E-state index is 10.7. The van der Waals surface area contributed by atoms with Gasteiger partial charge in [0.25, 0.3) is 0 Å². The van der Waals surface area contributed by atoms with E-state index in [-0.39, 0.29) is 23.7 Å². The van der Waals surface area contributed by atoms with Crippen molar-refractivity contribution in [3.05, 3.63) is 52.7 Å². The van der Waals surface area contributed by atoms with Crippen LogP contribution < -0.4 is 10.5 Å². The standard InChI is InChI=1S/C13H11ClN2O3/c14-10-4-2-1-3-8(10)7-19-12-11(15)5-9(6-16-12)13(17)18/h1-6H,7,15H2,(H,17,18). The Morgan fingerprint density at radius 1 is 1.42 bits per heavy atom. The van der Waals surface area contributed by atoms with Crippen molar-refractivity contribution < 1.29 is 14.6 Å². The first-order valence-corrected chi connectivity index (χ1v) is 5.80. The van der Waals surface area contributed by atoms with E-state index in [0.29, 0.717) is 5.02 Å². The predicted molar refractivity (Wildman–Crippen MR) is 71.4 cm³/mol. The first-order chi connectivity index (χ1) is 9.08. The summed E-state index contributed by atoms with van der Waals surface area (Å²) in [5.74, 6) is -0.901. The van der Waals surface area contributed by atoms with Crippen molar-refractivity contribution >= 4 is 23.3 Å². The van der Waals surface area contributed by atoms with Crippen LogP contribution in [0.5, 0.6) is 5.88 Å². The summed E-state index contributed by atoms with van der Waals surface area (Å²) >= 11 is 5.99. The number of ether oxygens (including phenoxy) is 1. The van der Waals surface area contributed by atoms with Crippen LogP contribution >= 0.6 is 11.6 Å². The highest BCUT2D eigenvalue weighted by atomic mass is 35.5. The van der Waals surface area contributed by atoms with Crippen LogP contribution in [0.1, 0.15) is 15.9 Å². The minimum absolute atomic E-state index is 0.0163. The van der Waals surface area contributed by atoms with E-state index < -0.39 is 5.97 Å². The number of aromatic nitrogens is 1. The van der Waals surface area contributed by atoms with Crippen LogP contribution in [-0.4, -0.2) is 16.1 Å². The molecule has 1 aromatic heterocycles. The van der Waals surface area contributed by atoms with Crippen molar-refractivity contribution in [2.24, 2.45) is 0 Å². The van der Waals surface area contributed by atoms with Gasteiger partial charge in [-0.25, -0.2) is 9.78 Å². The Morgan fingerprint density at radius 3 is 2.79 bits per heavy atom. The molecule has 0 saturated carbocycles. The van der Waals surface area contributed by atoms with Crippen molar-refractivity contribution in [2.75, 3.05) is 5.73 Å². The van der Waals surface area contributed by atoms with E-state index in [4.69, 9.17) is 27.2 Å². The minimum atomic E-state index is -1.09. The smallest absolute Gasteiger partial charge is 0.337 e. The fraction of sp³-hybridized carbons (Fsp3) is 0.0769. The fourth-order valence-electron chi connectivity index (χ4n) is 1.47. The van der Waals surface area contributed by atoms with E-state index in [1.54, 1.807) is 6.07 Å². The van der Waals surface area contributed by atoms with Crippen LogP contribution in [-0.2, 0) is 6.61 Å². The Labute approximate surface area is 114 Å². The molecule has 0 saturated heterocycles. The molecule has 19 heavy (non-hydrogen) atoms. The SMILES string of the molecule is Nc1cc(C(=O)O)cnc1OCc1ccccc1Cl. The number of rotatable bonds is 4. The van der Waals surface area contributed by atoms with Crippen molar-refractivity contribution in [3.8, 4) is 5.88 Å². The summed E-state index contributed by atoms with van der Waals surface area (Å²) in [7, 11) is 0. The number of carboxylic acids is 1. The molecule has 0 bridgehead atoms. The van der Waals surface area contributed by atoms with Gasteiger partial charge in [-0.15, -0.1) is 0 Å². The third kappa shape index (κ3) is 3.14. The highest BCUT2D eigenvalue weighted by Gasteiger charge is 2.09. The van der Waals surface area contributed by atoms with Gasteiger partial charge >= 0.3 is 5.97 Å². The van der Waals surface area contributed by atoms with E-state index in [1.165, 1.54) is 12.3 Å². The number of nitrogens with two attached hydrogens (primary N) is 1. The Balaban J connectivity index is 2.12. The Kier molecular flexibility index (Phi) is 3.87. The molecule has 0 aliphatic heterocycles. The fourth-order valence-corrected chi connectivity index (χ4v) is 1.66. The van der Waals surface area contributed by atoms with Gasteiger partial charge in [-0.05, 0) is 12.1 Å². The van der Waals surface area contributed by atoms with Crippen LogP contribution in [0.25, 0.3) is 0 Å². The second kappa shape index (κ2) is 5.58. The zero-order valence-electron chi connectivity index (χ0n) is 9.84. The van der Waals surface area contributed by atoms with E-state index in [2.05, 4.69) is 4.98 Å². The summed E-state index contributed by atoms with van der Waals surface area (Å²) in [4.78, 5) is 14.6. The van der Waals surface area contributed by atoms with Crippen molar-refractivity contribution in [2.45, 2.75) is 6.61 Å². The molecule has 1 aromatic carbocycles. The second-order valence-electron chi connectivity index (χ2n) is 3.80. The molecule has 2 rings (SSSR count). The highest BCUT2D eigenvalue weighted by molar-refractivity contribution is 6.31. The van der Waals surface area contributed by atoms with Gasteiger partial charge in [0.15, 0.2) is 0 Å². The van der Waals surface area contributed by atoms with Gasteiger partial charge < -0.3 is 15.6 Å². The first kappa shape index (κ1) is 13.2. The lowest BCUT2D eigenvalue weighted by molar-refractivity contribution is 0.0696. The maximum atomic E-state index is 10.7. The Bertz CT molecular complexity index is 617. The monoisotopic (exact) mass is 278 g/mol. The predicted octanol–water partition coefficient (Wildman–Crippen LogP) is 2.59. The maximum Gasteiger partial charge on any atom is 0.337 e. The second-order valence-corrected chi connectivity index (χ2v) is 4.21. The van der Waals surface area contributed by atoms with Crippen molar-refractivity contribution in [1.82, 2.24) is 4.98 Å². The highest BCUT2D eigenvalue weighted by Crippen LogP contribution is 2.22. The van der Waals surface area contributed by atoms with Gasteiger partial charge in [-0.3, -0.25) is 0 Å². The molecule has 0 aliphatic carbocycles. The molecule has 0 unspecified atom stereocenters. The van der Waals surface area contributed by atoms with Gasteiger partial charge in [-0.2, -0.15) is 0 Å². The molecule has 6 heteroatoms. The minimum Gasteiger partial charge on any atom is -0.478 e. The molecule has 1 heterocycles. The van der Waals surface area contributed by atoms with Crippen LogP contribution in [0.4, 0.5) is 5.69 Å². The number of nitrogens with zero attached hydrogens (tertiary/aromatic N) is 1. The Hall–Kier alpha value is -2.27. The lowest BCUT2D eigenvalue weighted by Crippen LogP contribution is -2.04. The van der Waals surface area contributed by atoms with Crippen molar-refractivity contribution in [1.29, 1.82) is 0 Å². The summed E-state index contributed by atoms with van der Waals surface area (Å²) in [6.45, 7) is 0.212. The van der Waals surface area contributed by atoms with Gasteiger partial charge in [0.2, 0.25) is 5.88 Å². The summed E-state index contributed by atoms with van der Waals surface area (Å²) in [5.41, 5.74) is 6.67. The van der Waals surface area contributed by atoms with Gasteiger partial charge in [-0.1, -0.05) is 29.8 Å². The zero-order chi connectivity index (χ0) is 13.8. The van der Waals surface area contributed by atoms with Crippen LogP contribution in [0.2, 0.25) is 5.02 Å². The number of nitrogen functional groups attached to an aromatic ring is 1. The number of anilines is 1. The van der Waals surface area contributed by atoms with Gasteiger partial charge in [0, 0.05) is 16.8 Å². The number of aromatic carboxylic acids is 1. The Morgan fingerprint density at radius 2 is 2.16 bits per heavy atom. The molecule has 0 amide bonds. The molecule has 2 aromatic rings. The third-order valence-corrected chi connectivity index (χ3v) is 2.82. The lowest BCUT2D eigenvalue weighted by Gasteiger charge is -2.09. The molecule has 98 valence electrons. The number of pyridine rings is 1. The van der Waals surface area contributed by atoms with E-state index >= 15 is 0 Å². The molecule has 0 spiro atoms. The number of carboxylic acid groups (broad SMARTS) is 1. The molecular weight excluding hydrogens is 268 g/mol. The van der Waals surface area contributed by atoms with Crippen LogP contribution in [0, 0.1) is 0 Å². The summed E-state index contributed by atoms with van der Waals surface area (Å²) in [6, 6.07) is 8.54. The van der Waals surface area contributed by atoms with Crippen molar-refractivity contribution in [3.63, 3.8) is 0 Å². The lowest BCUT2D eigenvalue weighted by atomic mass is 10.2. The molecular formula is C13H11ClN2O3. The van der Waals surface area contributed by atoms with Crippen LogP contribution in [0.15, 0.2) is 36.5 Å². The van der Waals surface area contributed by atoms with E-state index in [9.17, 15) is 4.79 Å². The number of carbonyl (C=O) groups is 1. The topological polar surface area (TPSA) is 85.4 Å². The normalized spacial score (nSPS) is 10.2. The molecule has 3 N–H and O–H groups in total. The number of hydrogen-bond donors (Lipinski definition) is 2. The number of hydrogen-bond acceptors (Lipinski definition) is 4. The van der Waals surface area contributed by atoms with E-state index in [0.717, 1.165) is 5.56 Å². The molecule has 0 radical (unpaired) electrons. The average molecular weight is 279 g/mol. The summed E-state index contributed by atoms with van der Waals surface area (Å²) < 4.78 is 5.42. The first-order valence-electron chi connectivity index (χ1n) is 5.43. The molecule has 0 aliphatic rings. The van der Waals surface area contributed by atoms with Gasteiger partial charge in [0.1, 0.15) is 6.61 Å². The van der Waals surface area contributed by atoms with E-state index in [1.807, 2.05) is 18.2 Å². The molecule has 5 nitrogen and oxygen atoms in total. The molecule has 0 fully saturated rings. The third-order valence-electron chi connectivity index (χ3n) is 2.45. The number of halogens is 1. The van der Waals surface area contributed by atoms with Crippen LogP contribution in [0.3, 0.4) is 0 Å². The molecule has 0 atom stereocenters. The summed E-state index contributed by atoms with van der Waals surface area (Å²) in [6.07, 6.45) is 1.20. The summed E-state index contributed by atoms with van der Waals surface area (Å²) in [5, 5.41) is 9.38. The quantitative estimate of drug-likeness (QED) is 0.898. The zero-order valence-corrected chi connectivity index (χ0v) is 10.6. The average Bonchev–Trinajstić information content (AvgIpc) is 2.39.